The number of benzene rings is 2. The summed E-state index contributed by atoms with van der Waals surface area (Å²) in [7, 11) is 0. The molecule has 2 aromatic carbocycles. The summed E-state index contributed by atoms with van der Waals surface area (Å²) in [6, 6.07) is 12.2. The maximum absolute atomic E-state index is 10.9. The second-order valence-corrected chi connectivity index (χ2v) is 7.74. The molecule has 1 heterocycles. The van der Waals surface area contributed by atoms with E-state index in [0.717, 1.165) is 21.5 Å². The number of hydrogen-bond acceptors (Lipinski definition) is 7. The summed E-state index contributed by atoms with van der Waals surface area (Å²) >= 11 is 6.16. The van der Waals surface area contributed by atoms with Gasteiger partial charge in [0.15, 0.2) is 15.5 Å². The third-order valence-corrected chi connectivity index (χ3v) is 5.37. The Morgan fingerprint density at radius 1 is 1.07 bits per heavy atom. The van der Waals surface area contributed by atoms with E-state index in [1.807, 2.05) is 30.3 Å². The van der Waals surface area contributed by atoms with Crippen LogP contribution < -0.4 is 4.74 Å². The summed E-state index contributed by atoms with van der Waals surface area (Å²) < 4.78 is 6.86. The quantitative estimate of drug-likeness (QED) is 0.433. The Labute approximate surface area is 169 Å². The van der Waals surface area contributed by atoms with E-state index in [-0.39, 0.29) is 40.1 Å². The molecular weight excluding hydrogens is 402 g/mol. The number of carbonyl (C=O) groups is 1. The Hall–Kier alpha value is -3.04. The van der Waals surface area contributed by atoms with Crippen LogP contribution in [0.2, 0.25) is 0 Å². The molecule has 3 aromatic rings. The molecule has 0 bridgehead atoms. The average molecular weight is 419 g/mol. The lowest BCUT2D eigenvalue weighted by molar-refractivity contribution is -0.137. The molecule has 0 radical (unpaired) electrons. The second-order valence-electron chi connectivity index (χ2n) is 6.01. The van der Waals surface area contributed by atoms with Gasteiger partial charge in [0.2, 0.25) is 11.6 Å². The third-order valence-electron chi connectivity index (χ3n) is 3.93. The fourth-order valence-corrected chi connectivity index (χ4v) is 4.02. The van der Waals surface area contributed by atoms with Crippen LogP contribution in [0.15, 0.2) is 42.5 Å². The van der Waals surface area contributed by atoms with E-state index in [9.17, 15) is 20.1 Å². The van der Waals surface area contributed by atoms with Crippen LogP contribution in [0.4, 0.5) is 0 Å². The molecule has 7 nitrogen and oxygen atoms in total. The number of phenols is 2. The van der Waals surface area contributed by atoms with Crippen molar-refractivity contribution >= 4 is 29.5 Å². The van der Waals surface area contributed by atoms with Gasteiger partial charge in [0.1, 0.15) is 13.2 Å². The van der Waals surface area contributed by atoms with E-state index in [1.165, 1.54) is 12.1 Å². The molecule has 0 atom stereocenters. The number of phenolic OH excluding ortho intramolecular Hbond substituents is 2. The van der Waals surface area contributed by atoms with Gasteiger partial charge in [0.25, 0.3) is 0 Å². The van der Waals surface area contributed by atoms with Gasteiger partial charge in [0, 0.05) is 6.42 Å². The van der Waals surface area contributed by atoms with Gasteiger partial charge in [-0.05, 0) is 35.5 Å². The fraction of sp³-hybridized carbons (Fsp3) is 0.158. The summed E-state index contributed by atoms with van der Waals surface area (Å²) in [6.07, 6.45) is 0.160. The Bertz CT molecular complexity index is 1040. The highest BCUT2D eigenvalue weighted by molar-refractivity contribution is 7.73. The standard InChI is InChI=1S/C19H17NO6S2/c21-13-6-12(8-15-18(25)20(9-16(23)24)19(27)28-15)7-14(22)17(13)26-10-11-4-2-1-3-5-11/h1-7,21-22,25H,8-10H2,(H,23,24). The fourth-order valence-electron chi connectivity index (χ4n) is 2.65. The molecule has 0 fully saturated rings. The number of rotatable bonds is 7. The highest BCUT2D eigenvalue weighted by Gasteiger charge is 2.17. The van der Waals surface area contributed by atoms with Gasteiger partial charge in [-0.25, -0.2) is 0 Å². The van der Waals surface area contributed by atoms with E-state index in [4.69, 9.17) is 22.1 Å². The number of hydrogen-bond donors (Lipinski definition) is 4. The number of ether oxygens (including phenoxy) is 1. The molecule has 0 amide bonds. The van der Waals surface area contributed by atoms with Gasteiger partial charge >= 0.3 is 5.97 Å². The van der Waals surface area contributed by atoms with Crippen molar-refractivity contribution < 1.29 is 30.0 Å². The van der Waals surface area contributed by atoms with Crippen molar-refractivity contribution in [2.75, 3.05) is 0 Å². The first-order valence-electron chi connectivity index (χ1n) is 8.20. The monoisotopic (exact) mass is 419 g/mol. The maximum atomic E-state index is 10.9. The van der Waals surface area contributed by atoms with Crippen molar-refractivity contribution in [2.24, 2.45) is 0 Å². The van der Waals surface area contributed by atoms with Gasteiger partial charge in [-0.3, -0.25) is 9.36 Å². The zero-order valence-electron chi connectivity index (χ0n) is 14.5. The molecule has 0 aliphatic rings. The molecule has 3 rings (SSSR count). The van der Waals surface area contributed by atoms with Crippen molar-refractivity contribution in [2.45, 2.75) is 19.6 Å². The molecule has 0 aliphatic heterocycles. The first-order chi connectivity index (χ1) is 13.3. The summed E-state index contributed by atoms with van der Waals surface area (Å²) in [5, 5.41) is 39.6. The first kappa shape index (κ1) is 19.7. The predicted molar refractivity (Wildman–Crippen MR) is 106 cm³/mol. The average Bonchev–Trinajstić information content (AvgIpc) is 2.89. The number of aromatic hydroxyl groups is 3. The van der Waals surface area contributed by atoms with Crippen LogP contribution in [-0.2, 0) is 24.4 Å². The third kappa shape index (κ3) is 4.44. The van der Waals surface area contributed by atoms with Gasteiger partial charge in [0.05, 0.1) is 4.88 Å². The zero-order chi connectivity index (χ0) is 20.3. The molecule has 0 unspecified atom stereocenters. The zero-order valence-corrected chi connectivity index (χ0v) is 16.2. The SMILES string of the molecule is O=C(O)Cn1c(O)c(Cc2cc(O)c(OCc3ccccc3)c(O)c2)sc1=S. The number of aliphatic carboxylic acids is 1. The molecule has 0 saturated carbocycles. The van der Waals surface area contributed by atoms with Gasteiger partial charge in [-0.15, -0.1) is 11.3 Å². The van der Waals surface area contributed by atoms with Crippen molar-refractivity contribution in [1.29, 1.82) is 0 Å². The minimum absolute atomic E-state index is 0.0343. The maximum Gasteiger partial charge on any atom is 0.323 e. The summed E-state index contributed by atoms with van der Waals surface area (Å²) in [4.78, 5) is 11.3. The summed E-state index contributed by atoms with van der Waals surface area (Å²) in [5.41, 5.74) is 1.39. The highest BCUT2D eigenvalue weighted by Crippen LogP contribution is 2.39. The lowest BCUT2D eigenvalue weighted by atomic mass is 10.1. The molecule has 9 heteroatoms. The number of carboxylic acid groups (broad SMARTS) is 1. The predicted octanol–water partition coefficient (Wildman–Crippen LogP) is 3.65. The Morgan fingerprint density at radius 2 is 1.71 bits per heavy atom. The minimum Gasteiger partial charge on any atom is -0.504 e. The van der Waals surface area contributed by atoms with E-state index >= 15 is 0 Å². The number of nitrogens with zero attached hydrogens (tertiary/aromatic N) is 1. The Morgan fingerprint density at radius 3 is 2.32 bits per heavy atom. The van der Waals surface area contributed by atoms with Crippen LogP contribution in [0.5, 0.6) is 23.1 Å². The molecule has 0 saturated heterocycles. The Kier molecular flexibility index (Phi) is 5.86. The minimum atomic E-state index is -1.12. The molecule has 0 spiro atoms. The van der Waals surface area contributed by atoms with Crippen LogP contribution in [0.3, 0.4) is 0 Å². The van der Waals surface area contributed by atoms with Crippen molar-refractivity contribution in [3.63, 3.8) is 0 Å². The molecule has 1 aromatic heterocycles. The van der Waals surface area contributed by atoms with Crippen molar-refractivity contribution in [1.82, 2.24) is 4.57 Å². The normalized spacial score (nSPS) is 10.7. The van der Waals surface area contributed by atoms with Crippen LogP contribution in [-0.4, -0.2) is 31.0 Å². The summed E-state index contributed by atoms with van der Waals surface area (Å²) in [6.45, 7) is -0.258. The topological polar surface area (TPSA) is 112 Å². The molecule has 4 N–H and O–H groups in total. The van der Waals surface area contributed by atoms with E-state index in [1.54, 1.807) is 0 Å². The smallest absolute Gasteiger partial charge is 0.323 e. The summed E-state index contributed by atoms with van der Waals surface area (Å²) in [5.74, 6) is -1.86. The van der Waals surface area contributed by atoms with Crippen LogP contribution >= 0.6 is 23.6 Å². The molecular formula is C19H17NO6S2. The van der Waals surface area contributed by atoms with E-state index in [0.29, 0.717) is 10.4 Å². The van der Waals surface area contributed by atoms with E-state index in [2.05, 4.69) is 0 Å². The number of carboxylic acids is 1. The lowest BCUT2D eigenvalue weighted by Crippen LogP contribution is -2.08. The van der Waals surface area contributed by atoms with Gasteiger partial charge < -0.3 is 25.2 Å². The lowest BCUT2D eigenvalue weighted by Gasteiger charge is -2.12. The number of thiazole rings is 1. The van der Waals surface area contributed by atoms with E-state index < -0.39 is 12.5 Å². The number of aromatic nitrogens is 1. The van der Waals surface area contributed by atoms with Gasteiger partial charge in [-0.2, -0.15) is 0 Å². The molecule has 146 valence electrons. The second kappa shape index (κ2) is 8.32. The Balaban J connectivity index is 1.79. The van der Waals surface area contributed by atoms with Crippen LogP contribution in [0, 0.1) is 3.95 Å². The highest BCUT2D eigenvalue weighted by atomic mass is 32.1. The largest absolute Gasteiger partial charge is 0.504 e. The molecule has 28 heavy (non-hydrogen) atoms. The first-order valence-corrected chi connectivity index (χ1v) is 9.42. The molecule has 0 aliphatic carbocycles. The van der Waals surface area contributed by atoms with Crippen molar-refractivity contribution in [3.8, 4) is 23.1 Å². The van der Waals surface area contributed by atoms with Crippen LogP contribution in [0.25, 0.3) is 0 Å². The van der Waals surface area contributed by atoms with Crippen molar-refractivity contribution in [3.05, 3.63) is 62.4 Å². The van der Waals surface area contributed by atoms with Gasteiger partial charge in [-0.1, -0.05) is 30.3 Å². The van der Waals surface area contributed by atoms with Crippen LogP contribution in [0.1, 0.15) is 16.0 Å².